The van der Waals surface area contributed by atoms with Gasteiger partial charge >= 0.3 is 0 Å². The van der Waals surface area contributed by atoms with Gasteiger partial charge in [0.1, 0.15) is 11.3 Å². The van der Waals surface area contributed by atoms with Gasteiger partial charge in [-0.1, -0.05) is 33.8 Å². The molecule has 1 aromatic heterocycles. The number of furan rings is 1. The van der Waals surface area contributed by atoms with Crippen molar-refractivity contribution in [3.05, 3.63) is 34.1 Å². The van der Waals surface area contributed by atoms with Crippen LogP contribution in [0.3, 0.4) is 0 Å². The topological polar surface area (TPSA) is 25.2 Å². The zero-order valence-corrected chi connectivity index (χ0v) is 13.9. The maximum absolute atomic E-state index is 6.26. The van der Waals surface area contributed by atoms with E-state index in [-0.39, 0.29) is 5.41 Å². The number of nitrogens with one attached hydrogen (secondary N) is 1. The molecule has 0 fully saturated rings. The third kappa shape index (κ3) is 2.49. The van der Waals surface area contributed by atoms with Gasteiger partial charge in [-0.3, -0.25) is 0 Å². The summed E-state index contributed by atoms with van der Waals surface area (Å²) in [5.41, 5.74) is 6.40. The highest BCUT2D eigenvalue weighted by atomic mass is 16.3. The molecule has 0 amide bonds. The molecule has 2 heteroatoms. The van der Waals surface area contributed by atoms with Crippen molar-refractivity contribution in [2.75, 3.05) is 6.54 Å². The van der Waals surface area contributed by atoms with Crippen molar-refractivity contribution in [1.29, 1.82) is 0 Å². The number of aryl methyl sites for hydroxylation is 3. The van der Waals surface area contributed by atoms with Gasteiger partial charge in [-0.15, -0.1) is 0 Å². The van der Waals surface area contributed by atoms with Crippen molar-refractivity contribution in [1.82, 2.24) is 5.32 Å². The fourth-order valence-electron chi connectivity index (χ4n) is 2.96. The minimum atomic E-state index is 0.0858. The van der Waals surface area contributed by atoms with Crippen molar-refractivity contribution in [3.63, 3.8) is 0 Å². The van der Waals surface area contributed by atoms with E-state index in [4.69, 9.17) is 4.42 Å². The minimum Gasteiger partial charge on any atom is -0.459 e. The number of hydrogen-bond acceptors (Lipinski definition) is 2. The fraction of sp³-hybridized carbons (Fsp3) is 0.556. The lowest BCUT2D eigenvalue weighted by atomic mass is 9.83. The Morgan fingerprint density at radius 1 is 1.10 bits per heavy atom. The molecular formula is C18H27NO. The van der Waals surface area contributed by atoms with Gasteiger partial charge < -0.3 is 9.73 Å². The summed E-state index contributed by atoms with van der Waals surface area (Å²) in [6, 6.07) is 2.28. The van der Waals surface area contributed by atoms with Crippen LogP contribution in [0.1, 0.15) is 55.7 Å². The van der Waals surface area contributed by atoms with Crippen LogP contribution in [0.4, 0.5) is 0 Å². The Hall–Kier alpha value is -1.28. The predicted molar refractivity (Wildman–Crippen MR) is 86.5 cm³/mol. The lowest BCUT2D eigenvalue weighted by molar-refractivity contribution is 0.486. The molecule has 2 aromatic rings. The summed E-state index contributed by atoms with van der Waals surface area (Å²) in [4.78, 5) is 0. The van der Waals surface area contributed by atoms with E-state index in [0.717, 1.165) is 24.4 Å². The Bertz CT molecular complexity index is 629. The molecule has 0 saturated heterocycles. The van der Waals surface area contributed by atoms with Crippen LogP contribution in [0.15, 0.2) is 10.5 Å². The molecule has 20 heavy (non-hydrogen) atoms. The SMILES string of the molecule is CCNCc1oc2c(C)c(C)cc(C)c2c1C(C)(C)C. The largest absolute Gasteiger partial charge is 0.459 e. The molecule has 1 aromatic carbocycles. The Labute approximate surface area is 122 Å². The monoisotopic (exact) mass is 273 g/mol. The van der Waals surface area contributed by atoms with Gasteiger partial charge in [0, 0.05) is 10.9 Å². The van der Waals surface area contributed by atoms with Crippen LogP contribution < -0.4 is 5.32 Å². The van der Waals surface area contributed by atoms with Gasteiger partial charge in [-0.25, -0.2) is 0 Å². The highest BCUT2D eigenvalue weighted by Crippen LogP contribution is 2.39. The second-order valence-electron chi connectivity index (χ2n) is 6.77. The first-order chi connectivity index (χ1) is 9.27. The number of fused-ring (bicyclic) bond motifs is 1. The average molecular weight is 273 g/mol. The summed E-state index contributed by atoms with van der Waals surface area (Å²) in [5, 5.41) is 4.71. The molecule has 1 N–H and O–H groups in total. The maximum atomic E-state index is 6.26. The molecule has 0 saturated carbocycles. The second-order valence-corrected chi connectivity index (χ2v) is 6.77. The van der Waals surface area contributed by atoms with Crippen molar-refractivity contribution >= 4 is 11.0 Å². The highest BCUT2D eigenvalue weighted by Gasteiger charge is 2.27. The van der Waals surface area contributed by atoms with E-state index in [1.807, 2.05) is 0 Å². The lowest BCUT2D eigenvalue weighted by Gasteiger charge is -2.20. The molecule has 1 heterocycles. The summed E-state index contributed by atoms with van der Waals surface area (Å²) in [5.74, 6) is 1.09. The molecular weight excluding hydrogens is 246 g/mol. The highest BCUT2D eigenvalue weighted by molar-refractivity contribution is 5.90. The van der Waals surface area contributed by atoms with Crippen LogP contribution in [0.25, 0.3) is 11.0 Å². The van der Waals surface area contributed by atoms with Crippen molar-refractivity contribution in [2.24, 2.45) is 0 Å². The normalized spacial score (nSPS) is 12.3. The quantitative estimate of drug-likeness (QED) is 0.871. The summed E-state index contributed by atoms with van der Waals surface area (Å²) >= 11 is 0. The molecule has 0 bridgehead atoms. The molecule has 0 atom stereocenters. The Morgan fingerprint density at radius 3 is 2.30 bits per heavy atom. The molecule has 0 aliphatic heterocycles. The first-order valence-corrected chi connectivity index (χ1v) is 7.50. The van der Waals surface area contributed by atoms with Gasteiger partial charge in [0.25, 0.3) is 0 Å². The fourth-order valence-corrected chi connectivity index (χ4v) is 2.96. The Kier molecular flexibility index (Phi) is 3.97. The number of hydrogen-bond donors (Lipinski definition) is 1. The predicted octanol–water partition coefficient (Wildman–Crippen LogP) is 4.77. The lowest BCUT2D eigenvalue weighted by Crippen LogP contribution is -2.18. The third-order valence-corrected chi connectivity index (χ3v) is 4.03. The second kappa shape index (κ2) is 5.25. The summed E-state index contributed by atoms with van der Waals surface area (Å²) in [6.07, 6.45) is 0. The van der Waals surface area contributed by atoms with Crippen LogP contribution in [-0.4, -0.2) is 6.54 Å². The van der Waals surface area contributed by atoms with E-state index in [2.05, 4.69) is 59.8 Å². The van der Waals surface area contributed by atoms with Crippen LogP contribution in [0.5, 0.6) is 0 Å². The van der Waals surface area contributed by atoms with Crippen molar-refractivity contribution in [3.8, 4) is 0 Å². The molecule has 0 aliphatic carbocycles. The van der Waals surface area contributed by atoms with E-state index in [1.54, 1.807) is 0 Å². The minimum absolute atomic E-state index is 0.0858. The molecule has 0 radical (unpaired) electrons. The van der Waals surface area contributed by atoms with E-state index in [1.165, 1.54) is 27.6 Å². The van der Waals surface area contributed by atoms with Gasteiger partial charge in [0.2, 0.25) is 0 Å². The van der Waals surface area contributed by atoms with Gasteiger partial charge in [0.05, 0.1) is 6.54 Å². The van der Waals surface area contributed by atoms with Crippen LogP contribution in [0.2, 0.25) is 0 Å². The standard InChI is InChI=1S/C18H27NO/c1-8-19-10-14-16(18(5,6)7)15-12(3)9-11(2)13(4)17(15)20-14/h9,19H,8,10H2,1-7H3. The molecule has 2 nitrogen and oxygen atoms in total. The maximum Gasteiger partial charge on any atom is 0.138 e. The smallest absolute Gasteiger partial charge is 0.138 e. The van der Waals surface area contributed by atoms with E-state index in [9.17, 15) is 0 Å². The Morgan fingerprint density at radius 2 is 1.75 bits per heavy atom. The van der Waals surface area contributed by atoms with E-state index < -0.39 is 0 Å². The first-order valence-electron chi connectivity index (χ1n) is 7.50. The molecule has 0 unspecified atom stereocenters. The third-order valence-electron chi connectivity index (χ3n) is 4.03. The van der Waals surface area contributed by atoms with Crippen molar-refractivity contribution in [2.45, 2.75) is 60.4 Å². The van der Waals surface area contributed by atoms with E-state index in [0.29, 0.717) is 0 Å². The van der Waals surface area contributed by atoms with Gasteiger partial charge in [0.15, 0.2) is 0 Å². The van der Waals surface area contributed by atoms with Gasteiger partial charge in [-0.05, 0) is 49.4 Å². The van der Waals surface area contributed by atoms with Crippen molar-refractivity contribution < 1.29 is 4.42 Å². The zero-order chi connectivity index (χ0) is 15.1. The van der Waals surface area contributed by atoms with Crippen LogP contribution >= 0.6 is 0 Å². The number of rotatable bonds is 3. The molecule has 0 spiro atoms. The Balaban J connectivity index is 2.80. The van der Waals surface area contributed by atoms with E-state index >= 15 is 0 Å². The zero-order valence-electron chi connectivity index (χ0n) is 13.9. The molecule has 110 valence electrons. The van der Waals surface area contributed by atoms with Crippen LogP contribution in [0, 0.1) is 20.8 Å². The first kappa shape index (κ1) is 15.1. The van der Waals surface area contributed by atoms with Crippen LogP contribution in [-0.2, 0) is 12.0 Å². The molecule has 2 rings (SSSR count). The van der Waals surface area contributed by atoms with Gasteiger partial charge in [-0.2, -0.15) is 0 Å². The summed E-state index contributed by atoms with van der Waals surface area (Å²) in [6.45, 7) is 17.2. The summed E-state index contributed by atoms with van der Waals surface area (Å²) < 4.78 is 6.26. The average Bonchev–Trinajstić information content (AvgIpc) is 2.73. The molecule has 0 aliphatic rings. The number of benzene rings is 1. The summed E-state index contributed by atoms with van der Waals surface area (Å²) in [7, 11) is 0.